The lowest BCUT2D eigenvalue weighted by Gasteiger charge is -2.28. The molecule has 0 spiro atoms. The van der Waals surface area contributed by atoms with E-state index in [1.165, 1.54) is 25.7 Å². The molecule has 3 rings (SSSR count). The summed E-state index contributed by atoms with van der Waals surface area (Å²) in [6, 6.07) is 7.14. The van der Waals surface area contributed by atoms with E-state index in [1.807, 2.05) is 6.07 Å². The smallest absolute Gasteiger partial charge is 0.335 e. The highest BCUT2D eigenvalue weighted by Gasteiger charge is 2.42. The minimum absolute atomic E-state index is 0.0282. The van der Waals surface area contributed by atoms with Gasteiger partial charge < -0.3 is 10.4 Å². The van der Waals surface area contributed by atoms with E-state index >= 15 is 0 Å². The molecule has 23 heavy (non-hydrogen) atoms. The van der Waals surface area contributed by atoms with Gasteiger partial charge in [0.2, 0.25) is 5.91 Å². The third kappa shape index (κ3) is 3.57. The lowest BCUT2D eigenvalue weighted by Crippen LogP contribution is -2.40. The second kappa shape index (κ2) is 6.73. The number of amides is 1. The van der Waals surface area contributed by atoms with Gasteiger partial charge in [-0.15, -0.1) is 0 Å². The molecule has 4 heteroatoms. The van der Waals surface area contributed by atoms with Crippen LogP contribution in [0, 0.1) is 17.8 Å². The van der Waals surface area contributed by atoms with E-state index in [-0.39, 0.29) is 11.9 Å². The summed E-state index contributed by atoms with van der Waals surface area (Å²) in [6.45, 7) is 2.12. The molecule has 2 aliphatic rings. The van der Waals surface area contributed by atoms with Gasteiger partial charge in [0.1, 0.15) is 0 Å². The second-order valence-corrected chi connectivity index (χ2v) is 7.16. The van der Waals surface area contributed by atoms with E-state index in [9.17, 15) is 14.7 Å². The first-order valence-corrected chi connectivity index (χ1v) is 8.65. The molecule has 0 aliphatic heterocycles. The summed E-state index contributed by atoms with van der Waals surface area (Å²) in [4.78, 5) is 23.4. The van der Waals surface area contributed by atoms with Crippen LogP contribution >= 0.6 is 0 Å². The van der Waals surface area contributed by atoms with Crippen LogP contribution in [0.5, 0.6) is 0 Å². The Morgan fingerprint density at radius 3 is 2.70 bits per heavy atom. The maximum Gasteiger partial charge on any atom is 0.335 e. The molecule has 1 aromatic rings. The molecule has 2 bridgehead atoms. The van der Waals surface area contributed by atoms with E-state index < -0.39 is 5.97 Å². The zero-order valence-corrected chi connectivity index (χ0v) is 13.6. The number of carboxylic acid groups (broad SMARTS) is 1. The Morgan fingerprint density at radius 1 is 1.26 bits per heavy atom. The third-order valence-electron chi connectivity index (χ3n) is 5.69. The maximum atomic E-state index is 12.2. The zero-order chi connectivity index (χ0) is 16.4. The number of rotatable bonds is 6. The van der Waals surface area contributed by atoms with E-state index in [0.29, 0.717) is 24.3 Å². The summed E-state index contributed by atoms with van der Waals surface area (Å²) in [5, 5.41) is 12.3. The largest absolute Gasteiger partial charge is 0.478 e. The molecule has 2 aliphatic carbocycles. The maximum absolute atomic E-state index is 12.2. The highest BCUT2D eigenvalue weighted by molar-refractivity contribution is 5.89. The molecule has 4 unspecified atom stereocenters. The molecule has 0 aromatic heterocycles. The predicted molar refractivity (Wildman–Crippen MR) is 88.3 cm³/mol. The molecule has 1 amide bonds. The Bertz CT molecular complexity index is 598. The van der Waals surface area contributed by atoms with Crippen molar-refractivity contribution >= 4 is 11.9 Å². The van der Waals surface area contributed by atoms with Crippen LogP contribution in [0.3, 0.4) is 0 Å². The molecule has 0 saturated heterocycles. The summed E-state index contributed by atoms with van der Waals surface area (Å²) in [6.07, 6.45) is 6.10. The Labute approximate surface area is 137 Å². The number of carbonyl (C=O) groups excluding carboxylic acids is 1. The van der Waals surface area contributed by atoms with Crippen LogP contribution in [0.15, 0.2) is 24.3 Å². The molecular formula is C19H25NO3. The number of hydrogen-bond acceptors (Lipinski definition) is 2. The Morgan fingerprint density at radius 2 is 2.04 bits per heavy atom. The number of fused-ring (bicyclic) bond motifs is 2. The van der Waals surface area contributed by atoms with Crippen molar-refractivity contribution < 1.29 is 14.7 Å². The summed E-state index contributed by atoms with van der Waals surface area (Å²) < 4.78 is 0. The molecule has 2 fully saturated rings. The van der Waals surface area contributed by atoms with Crippen molar-refractivity contribution in [1.82, 2.24) is 5.32 Å². The van der Waals surface area contributed by atoms with Crippen molar-refractivity contribution in [3.63, 3.8) is 0 Å². The predicted octanol–water partition coefficient (Wildman–Crippen LogP) is 3.26. The van der Waals surface area contributed by atoms with Gasteiger partial charge >= 0.3 is 5.97 Å². The zero-order valence-electron chi connectivity index (χ0n) is 13.6. The summed E-state index contributed by atoms with van der Waals surface area (Å²) in [5.74, 6) is 1.40. The van der Waals surface area contributed by atoms with E-state index in [2.05, 4.69) is 12.2 Å². The molecule has 4 atom stereocenters. The van der Waals surface area contributed by atoms with Crippen LogP contribution in [0.25, 0.3) is 0 Å². The highest BCUT2D eigenvalue weighted by Crippen LogP contribution is 2.49. The van der Waals surface area contributed by atoms with Crippen LogP contribution in [-0.2, 0) is 11.2 Å². The molecule has 2 saturated carbocycles. The van der Waals surface area contributed by atoms with E-state index in [0.717, 1.165) is 17.4 Å². The fraction of sp³-hybridized carbons (Fsp3) is 0.579. The standard InChI is InChI=1S/C19H25NO3/c1-12(17-11-13-6-7-15(17)10-13)20-18(21)9-8-14-4-2-3-5-16(14)19(22)23/h2-5,12-13,15,17H,6-11H2,1H3,(H,20,21)(H,22,23). The number of carbonyl (C=O) groups is 2. The summed E-state index contributed by atoms with van der Waals surface area (Å²) >= 11 is 0. The minimum Gasteiger partial charge on any atom is -0.478 e. The fourth-order valence-corrected chi connectivity index (χ4v) is 4.53. The summed E-state index contributed by atoms with van der Waals surface area (Å²) in [5.41, 5.74) is 1.02. The van der Waals surface area contributed by atoms with Gasteiger partial charge in [-0.25, -0.2) is 4.79 Å². The monoisotopic (exact) mass is 315 g/mol. The number of nitrogens with one attached hydrogen (secondary N) is 1. The first-order valence-electron chi connectivity index (χ1n) is 8.65. The number of carboxylic acids is 1. The first kappa shape index (κ1) is 16.0. The van der Waals surface area contributed by atoms with Crippen LogP contribution in [0.4, 0.5) is 0 Å². The van der Waals surface area contributed by atoms with Crippen LogP contribution in [0.2, 0.25) is 0 Å². The van der Waals surface area contributed by atoms with Crippen molar-refractivity contribution in [1.29, 1.82) is 0 Å². The van der Waals surface area contributed by atoms with Gasteiger partial charge in [-0.3, -0.25) is 4.79 Å². The Kier molecular flexibility index (Phi) is 4.69. The minimum atomic E-state index is -0.934. The molecule has 4 nitrogen and oxygen atoms in total. The quantitative estimate of drug-likeness (QED) is 0.847. The Hall–Kier alpha value is -1.84. The van der Waals surface area contributed by atoms with Gasteiger partial charge in [0, 0.05) is 12.5 Å². The lowest BCUT2D eigenvalue weighted by atomic mass is 9.84. The number of aromatic carboxylic acids is 1. The molecular weight excluding hydrogens is 290 g/mol. The summed E-state index contributed by atoms with van der Waals surface area (Å²) in [7, 11) is 0. The lowest BCUT2D eigenvalue weighted by molar-refractivity contribution is -0.122. The van der Waals surface area contributed by atoms with Crippen molar-refractivity contribution in [2.24, 2.45) is 17.8 Å². The van der Waals surface area contributed by atoms with Crippen molar-refractivity contribution in [3.8, 4) is 0 Å². The second-order valence-electron chi connectivity index (χ2n) is 7.16. The van der Waals surface area contributed by atoms with Gasteiger partial charge in [0.05, 0.1) is 5.56 Å². The van der Waals surface area contributed by atoms with E-state index in [4.69, 9.17) is 0 Å². The molecule has 124 valence electrons. The van der Waals surface area contributed by atoms with Crippen molar-refractivity contribution in [2.75, 3.05) is 0 Å². The van der Waals surface area contributed by atoms with Gasteiger partial charge in [0.15, 0.2) is 0 Å². The number of hydrogen-bond donors (Lipinski definition) is 2. The topological polar surface area (TPSA) is 66.4 Å². The Balaban J connectivity index is 1.51. The average molecular weight is 315 g/mol. The average Bonchev–Trinajstić information content (AvgIpc) is 3.16. The third-order valence-corrected chi connectivity index (χ3v) is 5.69. The SMILES string of the molecule is CC(NC(=O)CCc1ccccc1C(=O)O)C1CC2CCC1C2. The number of benzene rings is 1. The van der Waals surface area contributed by atoms with Crippen LogP contribution in [-0.4, -0.2) is 23.0 Å². The van der Waals surface area contributed by atoms with Gasteiger partial charge in [-0.05, 0) is 62.0 Å². The van der Waals surface area contributed by atoms with Gasteiger partial charge in [-0.1, -0.05) is 24.6 Å². The van der Waals surface area contributed by atoms with Crippen LogP contribution in [0.1, 0.15) is 54.9 Å². The fourth-order valence-electron chi connectivity index (χ4n) is 4.53. The molecule has 0 radical (unpaired) electrons. The van der Waals surface area contributed by atoms with E-state index in [1.54, 1.807) is 18.2 Å². The highest BCUT2D eigenvalue weighted by atomic mass is 16.4. The van der Waals surface area contributed by atoms with Gasteiger partial charge in [-0.2, -0.15) is 0 Å². The molecule has 2 N–H and O–H groups in total. The number of aryl methyl sites for hydroxylation is 1. The van der Waals surface area contributed by atoms with Gasteiger partial charge in [0.25, 0.3) is 0 Å². The van der Waals surface area contributed by atoms with Crippen molar-refractivity contribution in [2.45, 2.75) is 51.5 Å². The van der Waals surface area contributed by atoms with Crippen molar-refractivity contribution in [3.05, 3.63) is 35.4 Å². The first-order chi connectivity index (χ1) is 11.0. The normalized spacial score (nSPS) is 26.9. The van der Waals surface area contributed by atoms with Crippen LogP contribution < -0.4 is 5.32 Å². The molecule has 1 aromatic carbocycles. The molecule has 0 heterocycles.